The van der Waals surface area contributed by atoms with Gasteiger partial charge in [-0.25, -0.2) is 22.8 Å². The van der Waals surface area contributed by atoms with Crippen molar-refractivity contribution in [2.24, 2.45) is 13.0 Å². The first-order chi connectivity index (χ1) is 16.5. The number of fused-ring (bicyclic) bond motifs is 1. The van der Waals surface area contributed by atoms with Crippen molar-refractivity contribution < 1.29 is 22.0 Å². The Morgan fingerprint density at radius 2 is 1.69 bits per heavy atom. The van der Waals surface area contributed by atoms with Crippen molar-refractivity contribution >= 4 is 28.9 Å². The van der Waals surface area contributed by atoms with Crippen LogP contribution in [0, 0.1) is 24.5 Å². The highest BCUT2D eigenvalue weighted by atomic mass is 32.2. The minimum atomic E-state index is -4.97. The molecule has 5 rings (SSSR count). The molecule has 0 N–H and O–H groups in total. The van der Waals surface area contributed by atoms with E-state index in [0.717, 1.165) is 39.0 Å². The zero-order valence-corrected chi connectivity index (χ0v) is 20.8. The summed E-state index contributed by atoms with van der Waals surface area (Å²) in [5, 5.41) is 4.46. The lowest BCUT2D eigenvalue weighted by molar-refractivity contribution is -0.140. The van der Waals surface area contributed by atoms with Gasteiger partial charge < -0.3 is 4.90 Å². The Hall–Kier alpha value is -2.47. The molecular weight excluding hydrogens is 487 g/mol. The normalized spacial score (nSPS) is 17.0. The van der Waals surface area contributed by atoms with Gasteiger partial charge in [-0.15, -0.1) is 0 Å². The number of hydrogen-bond donors (Lipinski definition) is 0. The number of anilines is 1. The van der Waals surface area contributed by atoms with Crippen LogP contribution < -0.4 is 4.90 Å². The maximum absolute atomic E-state index is 14.8. The number of benzene rings is 1. The van der Waals surface area contributed by atoms with Gasteiger partial charge in [-0.1, -0.05) is 31.7 Å². The molecule has 1 saturated heterocycles. The van der Waals surface area contributed by atoms with Crippen LogP contribution in [0.1, 0.15) is 30.9 Å². The molecule has 3 aromatic rings. The molecule has 0 atom stereocenters. The Labute approximate surface area is 204 Å². The van der Waals surface area contributed by atoms with E-state index in [1.54, 1.807) is 19.0 Å². The standard InChI is InChI=1S/C19H19F5N6S.C4H8/c1-10-14(20)11(8-13(15(10)21)19(22,23)24)16-12-9-25-18(26-17(12)28(2)27-16)29-4-6-30(31-3)7-5-29;1-4-2-3-4/h8-9H,4-7H2,1-3H3;4H,2-3H2,1H3. The van der Waals surface area contributed by atoms with Crippen molar-refractivity contribution in [2.45, 2.75) is 32.9 Å². The summed E-state index contributed by atoms with van der Waals surface area (Å²) in [6, 6.07) is 0.453. The summed E-state index contributed by atoms with van der Waals surface area (Å²) < 4.78 is 72.2. The van der Waals surface area contributed by atoms with Crippen molar-refractivity contribution in [1.82, 2.24) is 24.1 Å². The van der Waals surface area contributed by atoms with Gasteiger partial charge in [0.25, 0.3) is 0 Å². The lowest BCUT2D eigenvalue weighted by Gasteiger charge is -2.33. The van der Waals surface area contributed by atoms with Crippen LogP contribution in [0.5, 0.6) is 0 Å². The van der Waals surface area contributed by atoms with E-state index in [-0.39, 0.29) is 11.1 Å². The molecule has 1 aliphatic carbocycles. The lowest BCUT2D eigenvalue weighted by Crippen LogP contribution is -2.44. The van der Waals surface area contributed by atoms with Crippen molar-refractivity contribution in [1.29, 1.82) is 0 Å². The quantitative estimate of drug-likeness (QED) is 0.342. The van der Waals surface area contributed by atoms with Crippen molar-refractivity contribution in [3.63, 3.8) is 0 Å². The SMILES string of the molecule is CC1CC1.CSN1CCN(c2ncc3c(-c4cc(C(F)(F)F)c(F)c(C)c4F)nn(C)c3n2)CC1. The van der Waals surface area contributed by atoms with Crippen LogP contribution in [0.25, 0.3) is 22.3 Å². The monoisotopic (exact) mass is 514 g/mol. The molecule has 12 heteroatoms. The maximum atomic E-state index is 14.8. The van der Waals surface area contributed by atoms with Crippen LogP contribution in [0.4, 0.5) is 27.9 Å². The van der Waals surface area contributed by atoms with E-state index < -0.39 is 34.5 Å². The fraction of sp³-hybridized carbons (Fsp3) is 0.522. The number of hydrogen-bond acceptors (Lipinski definition) is 6. The first-order valence-corrected chi connectivity index (χ1v) is 12.5. The van der Waals surface area contributed by atoms with Gasteiger partial charge in [0.1, 0.15) is 17.3 Å². The summed E-state index contributed by atoms with van der Waals surface area (Å²) in [5.41, 5.74) is -2.41. The van der Waals surface area contributed by atoms with E-state index in [2.05, 4.69) is 26.3 Å². The first kappa shape index (κ1) is 25.6. The van der Waals surface area contributed by atoms with Gasteiger partial charge >= 0.3 is 6.18 Å². The Morgan fingerprint density at radius 1 is 1.06 bits per heavy atom. The van der Waals surface area contributed by atoms with E-state index in [1.807, 2.05) is 11.2 Å². The number of rotatable bonds is 3. The smallest absolute Gasteiger partial charge is 0.338 e. The zero-order valence-electron chi connectivity index (χ0n) is 20.0. The van der Waals surface area contributed by atoms with Crippen LogP contribution in [0.2, 0.25) is 0 Å². The molecule has 0 amide bonds. The second-order valence-electron chi connectivity index (χ2n) is 8.88. The molecule has 190 valence electrons. The number of aromatic nitrogens is 4. The van der Waals surface area contributed by atoms with E-state index in [9.17, 15) is 22.0 Å². The molecule has 1 saturated carbocycles. The van der Waals surface area contributed by atoms with Crippen molar-refractivity contribution in [3.05, 3.63) is 35.0 Å². The second-order valence-corrected chi connectivity index (χ2v) is 9.76. The summed E-state index contributed by atoms with van der Waals surface area (Å²) in [4.78, 5) is 10.8. The molecule has 0 unspecified atom stereocenters. The van der Waals surface area contributed by atoms with Crippen LogP contribution in [0.15, 0.2) is 12.3 Å². The maximum Gasteiger partial charge on any atom is 0.419 e. The fourth-order valence-electron chi connectivity index (χ4n) is 3.77. The van der Waals surface area contributed by atoms with E-state index >= 15 is 0 Å². The predicted octanol–water partition coefficient (Wildman–Crippen LogP) is 5.45. The van der Waals surface area contributed by atoms with Crippen LogP contribution in [-0.2, 0) is 13.2 Å². The highest BCUT2D eigenvalue weighted by molar-refractivity contribution is 7.96. The summed E-state index contributed by atoms with van der Waals surface area (Å²) in [6.45, 7) is 6.35. The third-order valence-electron chi connectivity index (χ3n) is 6.19. The third kappa shape index (κ3) is 5.37. The third-order valence-corrected chi connectivity index (χ3v) is 7.08. The van der Waals surface area contributed by atoms with Gasteiger partial charge in [0, 0.05) is 50.6 Å². The molecular formula is C23H27F5N6S. The van der Waals surface area contributed by atoms with Gasteiger partial charge in [0.05, 0.1) is 10.9 Å². The van der Waals surface area contributed by atoms with Crippen molar-refractivity contribution in [3.8, 4) is 11.3 Å². The van der Waals surface area contributed by atoms with Gasteiger partial charge in [0.2, 0.25) is 5.95 Å². The average molecular weight is 515 g/mol. The summed E-state index contributed by atoms with van der Waals surface area (Å²) in [7, 11) is 1.56. The Morgan fingerprint density at radius 3 is 2.23 bits per heavy atom. The van der Waals surface area contributed by atoms with Crippen molar-refractivity contribution in [2.75, 3.05) is 37.3 Å². The van der Waals surface area contributed by atoms with Crippen LogP contribution in [0.3, 0.4) is 0 Å². The lowest BCUT2D eigenvalue weighted by atomic mass is 10.0. The Kier molecular flexibility index (Phi) is 7.23. The number of halogens is 5. The predicted molar refractivity (Wildman–Crippen MR) is 127 cm³/mol. The molecule has 1 aromatic carbocycles. The highest BCUT2D eigenvalue weighted by Crippen LogP contribution is 2.39. The molecule has 6 nitrogen and oxygen atoms in total. The van der Waals surface area contributed by atoms with E-state index in [4.69, 9.17) is 0 Å². The molecule has 0 spiro atoms. The molecule has 0 radical (unpaired) electrons. The molecule has 2 aromatic heterocycles. The summed E-state index contributed by atoms with van der Waals surface area (Å²) in [6.07, 6.45) is 1.44. The van der Waals surface area contributed by atoms with E-state index in [0.29, 0.717) is 17.7 Å². The molecule has 1 aliphatic heterocycles. The molecule has 2 fully saturated rings. The molecule has 2 aliphatic rings. The van der Waals surface area contributed by atoms with E-state index in [1.165, 1.54) is 23.7 Å². The first-order valence-electron chi connectivity index (χ1n) is 11.3. The largest absolute Gasteiger partial charge is 0.419 e. The minimum absolute atomic E-state index is 0.0673. The Bertz CT molecular complexity index is 1220. The van der Waals surface area contributed by atoms with Crippen LogP contribution >= 0.6 is 11.9 Å². The topological polar surface area (TPSA) is 50.1 Å². The zero-order chi connectivity index (χ0) is 25.5. The Balaban J connectivity index is 0.000000656. The average Bonchev–Trinajstić information content (AvgIpc) is 3.55. The van der Waals surface area contributed by atoms with Gasteiger partial charge in [-0.05, 0) is 25.2 Å². The number of nitrogens with zero attached hydrogens (tertiary/aromatic N) is 6. The second kappa shape index (κ2) is 9.88. The van der Waals surface area contributed by atoms with Crippen LogP contribution in [-0.4, -0.2) is 56.5 Å². The summed E-state index contributed by atoms with van der Waals surface area (Å²) >= 11 is 1.66. The minimum Gasteiger partial charge on any atom is -0.338 e. The molecule has 0 bridgehead atoms. The fourth-order valence-corrected chi connectivity index (χ4v) is 4.30. The summed E-state index contributed by atoms with van der Waals surface area (Å²) in [5.74, 6) is -1.17. The number of piperazine rings is 1. The number of alkyl halides is 3. The molecule has 3 heterocycles. The molecule has 35 heavy (non-hydrogen) atoms. The van der Waals surface area contributed by atoms with Gasteiger partial charge in [-0.2, -0.15) is 23.3 Å². The van der Waals surface area contributed by atoms with Gasteiger partial charge in [-0.3, -0.25) is 0 Å². The highest BCUT2D eigenvalue weighted by Gasteiger charge is 2.37. The number of aryl methyl sites for hydroxylation is 1. The van der Waals surface area contributed by atoms with Gasteiger partial charge in [0.15, 0.2) is 5.65 Å².